The predicted molar refractivity (Wildman–Crippen MR) is 72.6 cm³/mol. The summed E-state index contributed by atoms with van der Waals surface area (Å²) in [6.45, 7) is 7.29. The lowest BCUT2D eigenvalue weighted by molar-refractivity contribution is -0.125. The molecule has 0 aliphatic rings. The first-order valence-electron chi connectivity index (χ1n) is 6.00. The van der Waals surface area contributed by atoms with Crippen molar-refractivity contribution in [2.75, 3.05) is 7.11 Å². The predicted octanol–water partition coefficient (Wildman–Crippen LogP) is 1.92. The molecule has 0 heterocycles. The number of carbonyl (C=O) groups excluding carboxylic acids is 1. The van der Waals surface area contributed by atoms with Gasteiger partial charge in [-0.1, -0.05) is 17.7 Å². The normalized spacial score (nSPS) is 13.0. The largest absolute Gasteiger partial charge is 0.496 e. The van der Waals surface area contributed by atoms with Gasteiger partial charge in [-0.15, -0.1) is 0 Å². The third kappa shape index (κ3) is 3.47. The first kappa shape index (κ1) is 14.5. The zero-order valence-electron chi connectivity index (χ0n) is 11.7. The van der Waals surface area contributed by atoms with Crippen molar-refractivity contribution in [3.8, 4) is 5.75 Å². The van der Waals surface area contributed by atoms with Crippen LogP contribution in [0.1, 0.15) is 37.9 Å². The minimum atomic E-state index is -0.884. The van der Waals surface area contributed by atoms with Crippen LogP contribution in [0.25, 0.3) is 0 Å². The van der Waals surface area contributed by atoms with Crippen LogP contribution in [-0.2, 0) is 4.79 Å². The van der Waals surface area contributed by atoms with Gasteiger partial charge in [0.2, 0.25) is 5.91 Å². The van der Waals surface area contributed by atoms with Gasteiger partial charge in [0, 0.05) is 5.56 Å². The Bertz CT molecular complexity index is 436. The molecule has 3 N–H and O–H groups in total. The Labute approximate surface area is 109 Å². The Morgan fingerprint density at radius 2 is 2.06 bits per heavy atom. The van der Waals surface area contributed by atoms with Gasteiger partial charge in [0.1, 0.15) is 5.75 Å². The second kappa shape index (κ2) is 5.40. The fraction of sp³-hybridized carbons (Fsp3) is 0.500. The van der Waals surface area contributed by atoms with Gasteiger partial charge in [-0.3, -0.25) is 4.79 Å². The standard InChI is InChI=1S/C14H22N2O2/c1-9-6-7-12(18-5)11(8-9)10(2)16-13(17)14(3,4)15/h6-8,10H,15H2,1-5H3,(H,16,17). The van der Waals surface area contributed by atoms with Crippen LogP contribution in [0, 0.1) is 6.92 Å². The van der Waals surface area contributed by atoms with Crippen LogP contribution in [0.5, 0.6) is 5.75 Å². The topological polar surface area (TPSA) is 64.3 Å². The quantitative estimate of drug-likeness (QED) is 0.858. The molecule has 1 rings (SSSR count). The molecule has 0 aromatic heterocycles. The highest BCUT2D eigenvalue weighted by atomic mass is 16.5. The van der Waals surface area contributed by atoms with Crippen LogP contribution in [0.2, 0.25) is 0 Å². The molecule has 1 aromatic carbocycles. The smallest absolute Gasteiger partial charge is 0.239 e. The molecule has 4 nitrogen and oxygen atoms in total. The number of aryl methyl sites for hydroxylation is 1. The monoisotopic (exact) mass is 250 g/mol. The summed E-state index contributed by atoms with van der Waals surface area (Å²) < 4.78 is 5.31. The molecule has 4 heteroatoms. The fourth-order valence-corrected chi connectivity index (χ4v) is 1.65. The van der Waals surface area contributed by atoms with Crippen molar-refractivity contribution in [1.29, 1.82) is 0 Å². The van der Waals surface area contributed by atoms with E-state index in [4.69, 9.17) is 10.5 Å². The van der Waals surface area contributed by atoms with Gasteiger partial charge in [0.15, 0.2) is 0 Å². The third-order valence-corrected chi connectivity index (χ3v) is 2.78. The van der Waals surface area contributed by atoms with E-state index in [1.54, 1.807) is 21.0 Å². The van der Waals surface area contributed by atoms with E-state index in [9.17, 15) is 4.79 Å². The number of methoxy groups -OCH3 is 1. The van der Waals surface area contributed by atoms with E-state index >= 15 is 0 Å². The average molecular weight is 250 g/mol. The second-order valence-electron chi connectivity index (χ2n) is 5.16. The zero-order chi connectivity index (χ0) is 13.9. The van der Waals surface area contributed by atoms with Crippen molar-refractivity contribution in [2.45, 2.75) is 39.3 Å². The van der Waals surface area contributed by atoms with Crippen molar-refractivity contribution in [2.24, 2.45) is 5.73 Å². The van der Waals surface area contributed by atoms with E-state index in [-0.39, 0.29) is 11.9 Å². The molecule has 0 saturated heterocycles. The molecular weight excluding hydrogens is 228 g/mol. The molecule has 0 bridgehead atoms. The molecule has 1 aromatic rings. The summed E-state index contributed by atoms with van der Waals surface area (Å²) in [7, 11) is 1.62. The van der Waals surface area contributed by atoms with Crippen molar-refractivity contribution in [3.05, 3.63) is 29.3 Å². The molecule has 0 radical (unpaired) electrons. The Morgan fingerprint density at radius 3 is 2.56 bits per heavy atom. The second-order valence-corrected chi connectivity index (χ2v) is 5.16. The molecular formula is C14H22N2O2. The van der Waals surface area contributed by atoms with E-state index in [1.807, 2.05) is 32.0 Å². The van der Waals surface area contributed by atoms with Gasteiger partial charge in [-0.2, -0.15) is 0 Å². The average Bonchev–Trinajstić information content (AvgIpc) is 2.27. The third-order valence-electron chi connectivity index (χ3n) is 2.78. The first-order chi connectivity index (χ1) is 8.25. The van der Waals surface area contributed by atoms with Crippen molar-refractivity contribution in [1.82, 2.24) is 5.32 Å². The van der Waals surface area contributed by atoms with E-state index in [2.05, 4.69) is 5.32 Å². The van der Waals surface area contributed by atoms with Gasteiger partial charge < -0.3 is 15.8 Å². The number of rotatable bonds is 4. The molecule has 1 unspecified atom stereocenters. The van der Waals surface area contributed by atoms with Gasteiger partial charge in [0.25, 0.3) is 0 Å². The number of amides is 1. The summed E-state index contributed by atoms with van der Waals surface area (Å²) in [5.74, 6) is 0.585. The number of ether oxygens (including phenoxy) is 1. The molecule has 18 heavy (non-hydrogen) atoms. The Hall–Kier alpha value is -1.55. The lowest BCUT2D eigenvalue weighted by Gasteiger charge is -2.23. The maximum absolute atomic E-state index is 11.9. The number of carbonyl (C=O) groups is 1. The maximum Gasteiger partial charge on any atom is 0.239 e. The van der Waals surface area contributed by atoms with Crippen LogP contribution in [-0.4, -0.2) is 18.6 Å². The molecule has 0 spiro atoms. The molecule has 1 amide bonds. The van der Waals surface area contributed by atoms with E-state index in [0.29, 0.717) is 0 Å². The van der Waals surface area contributed by atoms with E-state index in [1.165, 1.54) is 0 Å². The highest BCUT2D eigenvalue weighted by Crippen LogP contribution is 2.26. The van der Waals surface area contributed by atoms with Crippen LogP contribution < -0.4 is 15.8 Å². The molecule has 1 atom stereocenters. The number of benzene rings is 1. The molecule has 0 aliphatic carbocycles. The molecule has 0 saturated carbocycles. The summed E-state index contributed by atoms with van der Waals surface area (Å²) >= 11 is 0. The number of hydrogen-bond acceptors (Lipinski definition) is 3. The summed E-state index contributed by atoms with van der Waals surface area (Å²) in [5.41, 5.74) is 6.96. The van der Waals surface area contributed by atoms with Crippen LogP contribution >= 0.6 is 0 Å². The lowest BCUT2D eigenvalue weighted by Crippen LogP contribution is -2.49. The number of hydrogen-bond donors (Lipinski definition) is 2. The Kier molecular flexibility index (Phi) is 4.35. The zero-order valence-corrected chi connectivity index (χ0v) is 11.7. The molecule has 0 aliphatic heterocycles. The van der Waals surface area contributed by atoms with Gasteiger partial charge in [-0.25, -0.2) is 0 Å². The molecule has 100 valence electrons. The van der Waals surface area contributed by atoms with E-state index < -0.39 is 5.54 Å². The van der Waals surface area contributed by atoms with Gasteiger partial charge >= 0.3 is 0 Å². The minimum Gasteiger partial charge on any atom is -0.496 e. The highest BCUT2D eigenvalue weighted by molar-refractivity contribution is 5.85. The maximum atomic E-state index is 11.9. The summed E-state index contributed by atoms with van der Waals surface area (Å²) in [6, 6.07) is 5.74. The van der Waals surface area contributed by atoms with Crippen LogP contribution in [0.15, 0.2) is 18.2 Å². The highest BCUT2D eigenvalue weighted by Gasteiger charge is 2.24. The Balaban J connectivity index is 2.93. The minimum absolute atomic E-state index is 0.143. The number of nitrogens with two attached hydrogens (primary N) is 1. The van der Waals surface area contributed by atoms with Gasteiger partial charge in [-0.05, 0) is 33.8 Å². The van der Waals surface area contributed by atoms with Gasteiger partial charge in [0.05, 0.1) is 18.7 Å². The summed E-state index contributed by atoms with van der Waals surface area (Å²) in [4.78, 5) is 11.9. The first-order valence-corrected chi connectivity index (χ1v) is 6.00. The van der Waals surface area contributed by atoms with Crippen molar-refractivity contribution < 1.29 is 9.53 Å². The van der Waals surface area contributed by atoms with Crippen LogP contribution in [0.4, 0.5) is 0 Å². The summed E-state index contributed by atoms with van der Waals surface area (Å²) in [6.07, 6.45) is 0. The van der Waals surface area contributed by atoms with Crippen molar-refractivity contribution in [3.63, 3.8) is 0 Å². The molecule has 0 fully saturated rings. The SMILES string of the molecule is COc1ccc(C)cc1C(C)NC(=O)C(C)(C)N. The lowest BCUT2D eigenvalue weighted by atomic mass is 10.0. The van der Waals surface area contributed by atoms with E-state index in [0.717, 1.165) is 16.9 Å². The summed E-state index contributed by atoms with van der Waals surface area (Å²) in [5, 5.41) is 2.89. The Morgan fingerprint density at radius 1 is 1.44 bits per heavy atom. The van der Waals surface area contributed by atoms with Crippen molar-refractivity contribution >= 4 is 5.91 Å². The fourth-order valence-electron chi connectivity index (χ4n) is 1.65. The number of nitrogens with one attached hydrogen (secondary N) is 1. The van der Waals surface area contributed by atoms with Crippen LogP contribution in [0.3, 0.4) is 0 Å².